The van der Waals surface area contributed by atoms with Gasteiger partial charge in [0.25, 0.3) is 0 Å². The first-order valence-electron chi connectivity index (χ1n) is 5.65. The van der Waals surface area contributed by atoms with Crippen LogP contribution in [0.1, 0.15) is 18.1 Å². The van der Waals surface area contributed by atoms with E-state index in [1.807, 2.05) is 18.8 Å². The largest absolute Gasteiger partial charge is 0.496 e. The number of hydrogen-bond acceptors (Lipinski definition) is 3. The van der Waals surface area contributed by atoms with Gasteiger partial charge in [-0.25, -0.2) is 0 Å². The zero-order valence-corrected chi connectivity index (χ0v) is 11.4. The van der Waals surface area contributed by atoms with Crippen molar-refractivity contribution in [1.82, 2.24) is 5.32 Å². The maximum absolute atomic E-state index is 5.43. The molecular formula is C13H21NOS. The third kappa shape index (κ3) is 3.16. The van der Waals surface area contributed by atoms with Gasteiger partial charge >= 0.3 is 0 Å². The van der Waals surface area contributed by atoms with Gasteiger partial charge in [0.05, 0.1) is 7.11 Å². The molecule has 16 heavy (non-hydrogen) atoms. The Kier molecular flexibility index (Phi) is 5.71. The molecule has 0 aliphatic carbocycles. The van der Waals surface area contributed by atoms with Crippen molar-refractivity contribution < 1.29 is 4.74 Å². The predicted molar refractivity (Wildman–Crippen MR) is 71.8 cm³/mol. The van der Waals surface area contributed by atoms with Gasteiger partial charge in [0, 0.05) is 4.90 Å². The smallest absolute Gasteiger partial charge is 0.122 e. The zero-order chi connectivity index (χ0) is 12.0. The highest BCUT2D eigenvalue weighted by molar-refractivity contribution is 7.98. The van der Waals surface area contributed by atoms with Gasteiger partial charge in [-0.15, -0.1) is 11.8 Å². The van der Waals surface area contributed by atoms with Crippen LogP contribution < -0.4 is 10.1 Å². The normalized spacial score (nSPS) is 10.5. The molecule has 0 fully saturated rings. The quantitative estimate of drug-likeness (QED) is 0.771. The maximum atomic E-state index is 5.43. The summed E-state index contributed by atoms with van der Waals surface area (Å²) in [6.45, 7) is 3.16. The van der Waals surface area contributed by atoms with Crippen molar-refractivity contribution >= 4 is 11.8 Å². The average molecular weight is 239 g/mol. The first kappa shape index (κ1) is 13.4. The van der Waals surface area contributed by atoms with Gasteiger partial charge in [0.1, 0.15) is 5.75 Å². The van der Waals surface area contributed by atoms with Crippen LogP contribution in [-0.4, -0.2) is 27.0 Å². The number of nitrogens with one attached hydrogen (secondary N) is 1. The lowest BCUT2D eigenvalue weighted by Gasteiger charge is -2.13. The highest BCUT2D eigenvalue weighted by atomic mass is 32.2. The predicted octanol–water partition coefficient (Wildman–Crippen LogP) is 2.74. The van der Waals surface area contributed by atoms with E-state index in [-0.39, 0.29) is 0 Å². The molecule has 0 amide bonds. The number of ether oxygens (including phenoxy) is 1. The summed E-state index contributed by atoms with van der Waals surface area (Å²) in [5.41, 5.74) is 2.66. The fourth-order valence-electron chi connectivity index (χ4n) is 1.76. The second kappa shape index (κ2) is 6.81. The summed E-state index contributed by atoms with van der Waals surface area (Å²) in [6.07, 6.45) is 4.19. The summed E-state index contributed by atoms with van der Waals surface area (Å²) in [6, 6.07) is 4.44. The molecule has 0 spiro atoms. The van der Waals surface area contributed by atoms with Crippen molar-refractivity contribution in [2.24, 2.45) is 0 Å². The van der Waals surface area contributed by atoms with E-state index in [0.29, 0.717) is 0 Å². The zero-order valence-electron chi connectivity index (χ0n) is 10.6. The van der Waals surface area contributed by atoms with Crippen LogP contribution in [-0.2, 0) is 12.8 Å². The second-order valence-corrected chi connectivity index (χ2v) is 4.53. The summed E-state index contributed by atoms with van der Waals surface area (Å²) in [5, 5.41) is 3.18. The van der Waals surface area contributed by atoms with E-state index in [1.54, 1.807) is 7.11 Å². The van der Waals surface area contributed by atoms with Gasteiger partial charge in [-0.3, -0.25) is 0 Å². The standard InChI is InChI=1S/C13H21NOS/c1-5-10-9-13(16-4)11(6-7-14-2)8-12(10)15-3/h8-9,14H,5-7H2,1-4H3. The molecule has 0 saturated heterocycles. The Morgan fingerprint density at radius 1 is 1.31 bits per heavy atom. The van der Waals surface area contributed by atoms with Gasteiger partial charge in [0.15, 0.2) is 0 Å². The third-order valence-corrected chi connectivity index (χ3v) is 3.53. The van der Waals surface area contributed by atoms with Gasteiger partial charge in [-0.05, 0) is 55.9 Å². The molecule has 0 saturated carbocycles. The van der Waals surface area contributed by atoms with E-state index in [0.717, 1.165) is 25.1 Å². The molecule has 0 atom stereocenters. The highest BCUT2D eigenvalue weighted by Gasteiger charge is 2.08. The van der Waals surface area contributed by atoms with Crippen LogP contribution in [0.3, 0.4) is 0 Å². The van der Waals surface area contributed by atoms with Crippen LogP contribution in [0.25, 0.3) is 0 Å². The average Bonchev–Trinajstić information content (AvgIpc) is 2.35. The Bertz CT molecular complexity index is 339. The fraction of sp³-hybridized carbons (Fsp3) is 0.538. The monoisotopic (exact) mass is 239 g/mol. The molecule has 1 N–H and O–H groups in total. The first-order valence-corrected chi connectivity index (χ1v) is 6.87. The number of aryl methyl sites for hydroxylation is 1. The van der Waals surface area contributed by atoms with Gasteiger partial charge in [0.2, 0.25) is 0 Å². The molecule has 90 valence electrons. The highest BCUT2D eigenvalue weighted by Crippen LogP contribution is 2.29. The lowest BCUT2D eigenvalue weighted by atomic mass is 10.1. The van der Waals surface area contributed by atoms with Crippen LogP contribution >= 0.6 is 11.8 Å². The van der Waals surface area contributed by atoms with E-state index < -0.39 is 0 Å². The topological polar surface area (TPSA) is 21.3 Å². The van der Waals surface area contributed by atoms with Gasteiger partial charge in [-0.1, -0.05) is 6.92 Å². The lowest BCUT2D eigenvalue weighted by Crippen LogP contribution is -2.11. The van der Waals surface area contributed by atoms with Crippen LogP contribution in [0, 0.1) is 0 Å². The molecule has 1 aromatic carbocycles. The number of benzene rings is 1. The van der Waals surface area contributed by atoms with Crippen molar-refractivity contribution in [1.29, 1.82) is 0 Å². The molecule has 0 aromatic heterocycles. The molecule has 3 heteroatoms. The molecule has 0 aliphatic rings. The first-order chi connectivity index (χ1) is 7.76. The van der Waals surface area contributed by atoms with E-state index in [1.165, 1.54) is 16.0 Å². The number of thioether (sulfide) groups is 1. The number of likely N-dealkylation sites (N-methyl/N-ethyl adjacent to an activating group) is 1. The van der Waals surface area contributed by atoms with Gasteiger partial charge < -0.3 is 10.1 Å². The number of hydrogen-bond donors (Lipinski definition) is 1. The van der Waals surface area contributed by atoms with E-state index in [9.17, 15) is 0 Å². The molecule has 0 heterocycles. The molecular weight excluding hydrogens is 218 g/mol. The second-order valence-electron chi connectivity index (χ2n) is 3.68. The van der Waals surface area contributed by atoms with Crippen molar-refractivity contribution in [3.05, 3.63) is 23.3 Å². The van der Waals surface area contributed by atoms with E-state index in [4.69, 9.17) is 4.74 Å². The summed E-state index contributed by atoms with van der Waals surface area (Å²) < 4.78 is 5.43. The Labute approximate surface area is 103 Å². The summed E-state index contributed by atoms with van der Waals surface area (Å²) >= 11 is 1.81. The van der Waals surface area contributed by atoms with Crippen molar-refractivity contribution in [3.8, 4) is 5.75 Å². The molecule has 0 unspecified atom stereocenters. The SMILES string of the molecule is CCc1cc(SC)c(CCNC)cc1OC. The van der Waals surface area contributed by atoms with Gasteiger partial charge in [-0.2, -0.15) is 0 Å². The summed E-state index contributed by atoms with van der Waals surface area (Å²) in [5.74, 6) is 1.02. The molecule has 0 radical (unpaired) electrons. The maximum Gasteiger partial charge on any atom is 0.122 e. The Balaban J connectivity index is 3.05. The molecule has 1 aromatic rings. The van der Waals surface area contributed by atoms with Crippen molar-refractivity contribution in [2.75, 3.05) is 27.0 Å². The summed E-state index contributed by atoms with van der Waals surface area (Å²) in [4.78, 5) is 1.37. The number of methoxy groups -OCH3 is 1. The molecule has 1 rings (SSSR count). The lowest BCUT2D eigenvalue weighted by molar-refractivity contribution is 0.409. The minimum Gasteiger partial charge on any atom is -0.496 e. The van der Waals surface area contributed by atoms with Crippen LogP contribution in [0.4, 0.5) is 0 Å². The Morgan fingerprint density at radius 2 is 2.06 bits per heavy atom. The summed E-state index contributed by atoms with van der Waals surface area (Å²) in [7, 11) is 3.73. The Hall–Kier alpha value is -0.670. The molecule has 0 aliphatic heterocycles. The van der Waals surface area contributed by atoms with Crippen LogP contribution in [0.2, 0.25) is 0 Å². The number of rotatable bonds is 6. The minimum atomic E-state index is 1.00. The van der Waals surface area contributed by atoms with E-state index >= 15 is 0 Å². The van der Waals surface area contributed by atoms with Crippen molar-refractivity contribution in [3.63, 3.8) is 0 Å². The van der Waals surface area contributed by atoms with Crippen LogP contribution in [0.15, 0.2) is 17.0 Å². The third-order valence-electron chi connectivity index (χ3n) is 2.71. The van der Waals surface area contributed by atoms with E-state index in [2.05, 4.69) is 30.6 Å². The van der Waals surface area contributed by atoms with Crippen LogP contribution in [0.5, 0.6) is 5.75 Å². The fourth-order valence-corrected chi connectivity index (χ4v) is 2.44. The molecule has 0 bridgehead atoms. The Morgan fingerprint density at radius 3 is 2.56 bits per heavy atom. The molecule has 2 nitrogen and oxygen atoms in total. The van der Waals surface area contributed by atoms with Crippen molar-refractivity contribution in [2.45, 2.75) is 24.7 Å². The minimum absolute atomic E-state index is 1.00.